The summed E-state index contributed by atoms with van der Waals surface area (Å²) in [5, 5.41) is 9.18. The third-order valence-electron chi connectivity index (χ3n) is 5.05. The lowest BCUT2D eigenvalue weighted by molar-refractivity contribution is -0.135. The van der Waals surface area contributed by atoms with Gasteiger partial charge in [-0.3, -0.25) is 0 Å². The molecular formula is C20H28O4. The number of ether oxygens (including phenoxy) is 2. The minimum absolute atomic E-state index is 0.207. The van der Waals surface area contributed by atoms with E-state index >= 15 is 0 Å². The average Bonchev–Trinajstić information content (AvgIpc) is 2.56. The molecule has 0 bridgehead atoms. The zero-order valence-electron chi connectivity index (χ0n) is 15.0. The van der Waals surface area contributed by atoms with Crippen LogP contribution >= 0.6 is 0 Å². The normalized spacial score (nSPS) is 21.6. The van der Waals surface area contributed by atoms with E-state index in [2.05, 4.69) is 19.9 Å². The van der Waals surface area contributed by atoms with Gasteiger partial charge in [-0.1, -0.05) is 26.0 Å². The van der Waals surface area contributed by atoms with E-state index in [1.165, 1.54) is 38.4 Å². The lowest BCUT2D eigenvalue weighted by Gasteiger charge is -2.31. The van der Waals surface area contributed by atoms with E-state index in [9.17, 15) is 9.90 Å². The summed E-state index contributed by atoms with van der Waals surface area (Å²) in [5.74, 6) is 1.35. The molecule has 24 heavy (non-hydrogen) atoms. The van der Waals surface area contributed by atoms with Crippen LogP contribution in [0.5, 0.6) is 5.75 Å². The molecule has 0 heterocycles. The molecule has 1 fully saturated rings. The van der Waals surface area contributed by atoms with Gasteiger partial charge >= 0.3 is 5.97 Å². The van der Waals surface area contributed by atoms with Crippen molar-refractivity contribution in [3.63, 3.8) is 0 Å². The number of hydrogen-bond donors (Lipinski definition) is 1. The smallest absolute Gasteiger partial charge is 0.375 e. The second-order valence-corrected chi connectivity index (χ2v) is 7.01. The molecule has 0 saturated heterocycles. The molecule has 132 valence electrons. The molecule has 2 rings (SSSR count). The zero-order chi connectivity index (χ0) is 17.7. The van der Waals surface area contributed by atoms with E-state index in [-0.39, 0.29) is 5.76 Å². The minimum atomic E-state index is -1.14. The van der Waals surface area contributed by atoms with Crippen LogP contribution in [0, 0.1) is 18.8 Å². The Morgan fingerprint density at radius 2 is 1.92 bits per heavy atom. The molecule has 1 aliphatic rings. The Bertz CT molecular complexity index is 596. The number of hydrogen-bond acceptors (Lipinski definition) is 3. The molecule has 1 N–H and O–H groups in total. The van der Waals surface area contributed by atoms with Gasteiger partial charge in [-0.15, -0.1) is 0 Å². The van der Waals surface area contributed by atoms with Crippen molar-refractivity contribution in [3.05, 3.63) is 41.3 Å². The maximum Gasteiger partial charge on any atom is 0.375 e. The third kappa shape index (κ3) is 4.53. The first-order chi connectivity index (χ1) is 11.4. The zero-order valence-corrected chi connectivity index (χ0v) is 15.0. The van der Waals surface area contributed by atoms with Crippen molar-refractivity contribution >= 4 is 5.97 Å². The van der Waals surface area contributed by atoms with Crippen molar-refractivity contribution in [2.45, 2.75) is 52.4 Å². The lowest BCUT2D eigenvalue weighted by atomic mass is 9.74. The summed E-state index contributed by atoms with van der Waals surface area (Å²) in [7, 11) is 1.41. The second-order valence-electron chi connectivity index (χ2n) is 7.01. The van der Waals surface area contributed by atoms with Gasteiger partial charge < -0.3 is 14.6 Å². The van der Waals surface area contributed by atoms with Gasteiger partial charge in [0.05, 0.1) is 7.11 Å². The SMILES string of the molecule is CO/C=C(\Oc1cc(C2CCC(C(C)C)CC2)ccc1C)C(=O)O. The fourth-order valence-electron chi connectivity index (χ4n) is 3.44. The van der Waals surface area contributed by atoms with Crippen LogP contribution in [0.1, 0.15) is 56.6 Å². The van der Waals surface area contributed by atoms with Crippen molar-refractivity contribution in [3.8, 4) is 5.75 Å². The first-order valence-electron chi connectivity index (χ1n) is 8.67. The maximum atomic E-state index is 11.2. The molecule has 0 radical (unpaired) electrons. The van der Waals surface area contributed by atoms with Crippen molar-refractivity contribution in [1.29, 1.82) is 0 Å². The Labute approximate surface area is 144 Å². The van der Waals surface area contributed by atoms with Gasteiger partial charge in [-0.2, -0.15) is 0 Å². The summed E-state index contributed by atoms with van der Waals surface area (Å²) >= 11 is 0. The van der Waals surface area contributed by atoms with Crippen molar-refractivity contribution in [2.75, 3.05) is 7.11 Å². The molecule has 1 aliphatic carbocycles. The fourth-order valence-corrected chi connectivity index (χ4v) is 3.44. The number of methoxy groups -OCH3 is 1. The summed E-state index contributed by atoms with van der Waals surface area (Å²) in [4.78, 5) is 11.2. The van der Waals surface area contributed by atoms with Gasteiger partial charge in [0.25, 0.3) is 0 Å². The molecule has 4 heteroatoms. The standard InChI is InChI=1S/C20H28O4/c1-13(2)15-7-9-16(10-8-15)17-6-5-14(3)18(11-17)24-19(12-23-4)20(21)22/h5-6,11-13,15-16H,7-10H2,1-4H3,(H,21,22)/b19-12-. The molecule has 1 saturated carbocycles. The molecular weight excluding hydrogens is 304 g/mol. The van der Waals surface area contributed by atoms with Crippen molar-refractivity contribution in [1.82, 2.24) is 0 Å². The molecule has 0 atom stereocenters. The number of carbonyl (C=O) groups is 1. The van der Waals surface area contributed by atoms with Crippen LogP contribution in [-0.2, 0) is 9.53 Å². The Kier molecular flexibility index (Phi) is 6.29. The molecule has 0 amide bonds. The van der Waals surface area contributed by atoms with Crippen LogP contribution in [0.25, 0.3) is 0 Å². The largest absolute Gasteiger partial charge is 0.500 e. The monoisotopic (exact) mass is 332 g/mol. The molecule has 0 unspecified atom stereocenters. The minimum Gasteiger partial charge on any atom is -0.500 e. The van der Waals surface area contributed by atoms with E-state index in [0.717, 1.165) is 23.7 Å². The lowest BCUT2D eigenvalue weighted by Crippen LogP contribution is -2.17. The summed E-state index contributed by atoms with van der Waals surface area (Å²) in [6.45, 7) is 6.53. The van der Waals surface area contributed by atoms with E-state index in [1.54, 1.807) is 0 Å². The summed E-state index contributed by atoms with van der Waals surface area (Å²) in [6, 6.07) is 6.14. The Hall–Kier alpha value is -1.97. The highest BCUT2D eigenvalue weighted by Crippen LogP contribution is 2.39. The number of carboxylic acids is 1. The highest BCUT2D eigenvalue weighted by molar-refractivity contribution is 5.84. The quantitative estimate of drug-likeness (QED) is 0.596. The Balaban J connectivity index is 2.14. The predicted molar refractivity (Wildman–Crippen MR) is 94.1 cm³/mol. The highest BCUT2D eigenvalue weighted by Gasteiger charge is 2.25. The topological polar surface area (TPSA) is 55.8 Å². The second kappa shape index (κ2) is 8.22. The van der Waals surface area contributed by atoms with E-state index < -0.39 is 5.97 Å². The van der Waals surface area contributed by atoms with Gasteiger partial charge in [0.15, 0.2) is 0 Å². The average molecular weight is 332 g/mol. The van der Waals surface area contributed by atoms with Gasteiger partial charge in [-0.25, -0.2) is 4.79 Å². The van der Waals surface area contributed by atoms with Gasteiger partial charge in [0.2, 0.25) is 5.76 Å². The Morgan fingerprint density at radius 1 is 1.25 bits per heavy atom. The third-order valence-corrected chi connectivity index (χ3v) is 5.05. The summed E-state index contributed by atoms with van der Waals surface area (Å²) < 4.78 is 10.4. The molecule has 4 nitrogen and oxygen atoms in total. The number of carboxylic acid groups (broad SMARTS) is 1. The van der Waals surface area contributed by atoms with Crippen molar-refractivity contribution in [2.24, 2.45) is 11.8 Å². The number of rotatable bonds is 6. The van der Waals surface area contributed by atoms with Crippen LogP contribution in [0.4, 0.5) is 0 Å². The van der Waals surface area contributed by atoms with Crippen LogP contribution < -0.4 is 4.74 Å². The molecule has 1 aromatic rings. The van der Waals surface area contributed by atoms with Crippen LogP contribution in [0.3, 0.4) is 0 Å². The van der Waals surface area contributed by atoms with Crippen LogP contribution in [0.2, 0.25) is 0 Å². The van der Waals surface area contributed by atoms with Crippen LogP contribution in [-0.4, -0.2) is 18.2 Å². The summed E-state index contributed by atoms with van der Waals surface area (Å²) in [5.41, 5.74) is 2.15. The van der Waals surface area contributed by atoms with Gasteiger partial charge in [0, 0.05) is 0 Å². The van der Waals surface area contributed by atoms with Crippen molar-refractivity contribution < 1.29 is 19.4 Å². The van der Waals surface area contributed by atoms with E-state index in [4.69, 9.17) is 9.47 Å². The molecule has 0 aliphatic heterocycles. The predicted octanol–water partition coefficient (Wildman–Crippen LogP) is 4.88. The Morgan fingerprint density at radius 3 is 2.46 bits per heavy atom. The molecule has 0 aromatic heterocycles. The van der Waals surface area contributed by atoms with Crippen LogP contribution in [0.15, 0.2) is 30.2 Å². The maximum absolute atomic E-state index is 11.2. The number of aliphatic carboxylic acids is 1. The number of aryl methyl sites for hydroxylation is 1. The first kappa shape index (κ1) is 18.4. The number of benzene rings is 1. The fraction of sp³-hybridized carbons (Fsp3) is 0.550. The van der Waals surface area contributed by atoms with E-state index in [1.807, 2.05) is 19.1 Å². The summed E-state index contributed by atoms with van der Waals surface area (Å²) in [6.07, 6.45) is 6.01. The van der Waals surface area contributed by atoms with E-state index in [0.29, 0.717) is 11.7 Å². The molecule has 0 spiro atoms. The highest BCUT2D eigenvalue weighted by atomic mass is 16.5. The molecule has 1 aromatic carbocycles. The first-order valence-corrected chi connectivity index (χ1v) is 8.67. The van der Waals surface area contributed by atoms with Gasteiger partial charge in [-0.05, 0) is 67.6 Å². The van der Waals surface area contributed by atoms with Gasteiger partial charge in [0.1, 0.15) is 12.0 Å².